The number of nitrogens with zero attached hydrogens (tertiary/aromatic N) is 2. The highest BCUT2D eigenvalue weighted by atomic mass is 15.0. The average molecular weight is 231 g/mol. The van der Waals surface area contributed by atoms with Crippen LogP contribution >= 0.6 is 0 Å². The van der Waals surface area contributed by atoms with Gasteiger partial charge in [-0.05, 0) is 37.9 Å². The molecule has 1 fully saturated rings. The van der Waals surface area contributed by atoms with E-state index in [0.717, 1.165) is 36.5 Å². The molecule has 5 heteroatoms. The van der Waals surface area contributed by atoms with Gasteiger partial charge in [-0.2, -0.15) is 0 Å². The molecule has 1 unspecified atom stereocenters. The zero-order valence-corrected chi connectivity index (χ0v) is 9.74. The fourth-order valence-electron chi connectivity index (χ4n) is 2.35. The summed E-state index contributed by atoms with van der Waals surface area (Å²) >= 11 is 0. The largest absolute Gasteiger partial charge is 0.369 e. The normalized spacial score (nSPS) is 20.6. The van der Waals surface area contributed by atoms with Crippen molar-refractivity contribution in [2.45, 2.75) is 12.8 Å². The molecule has 2 aromatic heterocycles. The van der Waals surface area contributed by atoms with Crippen molar-refractivity contribution in [3.8, 4) is 0 Å². The van der Waals surface area contributed by atoms with Gasteiger partial charge in [-0.25, -0.2) is 9.97 Å². The van der Waals surface area contributed by atoms with Crippen molar-refractivity contribution >= 4 is 16.9 Å². The van der Waals surface area contributed by atoms with Crippen LogP contribution in [0.5, 0.6) is 0 Å². The molecular formula is C12H17N5. The second-order valence-corrected chi connectivity index (χ2v) is 4.56. The van der Waals surface area contributed by atoms with Crippen LogP contribution < -0.4 is 10.6 Å². The van der Waals surface area contributed by atoms with E-state index >= 15 is 0 Å². The highest BCUT2D eigenvalue weighted by Gasteiger charge is 2.13. The standard InChI is InChI=1S/C12H17N5/c1-2-9(6-13-4-1)7-15-12-10-3-5-14-11(10)16-8-17-12/h3,5,8-9,13H,1-2,4,6-7H2,(H2,14,15,16,17). The molecule has 0 spiro atoms. The first-order valence-electron chi connectivity index (χ1n) is 6.16. The molecule has 1 atom stereocenters. The summed E-state index contributed by atoms with van der Waals surface area (Å²) in [6, 6.07) is 2.01. The van der Waals surface area contributed by atoms with E-state index in [9.17, 15) is 0 Å². The lowest BCUT2D eigenvalue weighted by atomic mass is 10.00. The molecule has 3 heterocycles. The average Bonchev–Trinajstić information content (AvgIpc) is 2.86. The molecule has 0 saturated carbocycles. The minimum Gasteiger partial charge on any atom is -0.369 e. The summed E-state index contributed by atoms with van der Waals surface area (Å²) in [5.74, 6) is 1.63. The van der Waals surface area contributed by atoms with Crippen LogP contribution in [0.25, 0.3) is 11.0 Å². The van der Waals surface area contributed by atoms with Crippen molar-refractivity contribution in [1.29, 1.82) is 0 Å². The second-order valence-electron chi connectivity index (χ2n) is 4.56. The van der Waals surface area contributed by atoms with Crippen LogP contribution in [-0.2, 0) is 0 Å². The number of aromatic nitrogens is 3. The van der Waals surface area contributed by atoms with Gasteiger partial charge in [0, 0.05) is 12.7 Å². The van der Waals surface area contributed by atoms with Gasteiger partial charge in [0.1, 0.15) is 17.8 Å². The molecule has 5 nitrogen and oxygen atoms in total. The monoisotopic (exact) mass is 231 g/mol. The predicted molar refractivity (Wildman–Crippen MR) is 68.0 cm³/mol. The fraction of sp³-hybridized carbons (Fsp3) is 0.500. The number of H-pyrrole nitrogens is 1. The summed E-state index contributed by atoms with van der Waals surface area (Å²) in [6.45, 7) is 3.24. The smallest absolute Gasteiger partial charge is 0.142 e. The first kappa shape index (κ1) is 10.5. The van der Waals surface area contributed by atoms with Crippen molar-refractivity contribution in [2.75, 3.05) is 25.0 Å². The summed E-state index contributed by atoms with van der Waals surface area (Å²) in [7, 11) is 0. The Morgan fingerprint density at radius 2 is 2.41 bits per heavy atom. The minimum absolute atomic E-state index is 0.702. The van der Waals surface area contributed by atoms with E-state index in [1.807, 2.05) is 12.3 Å². The third-order valence-corrected chi connectivity index (χ3v) is 3.31. The van der Waals surface area contributed by atoms with Crippen molar-refractivity contribution in [2.24, 2.45) is 5.92 Å². The number of aromatic amines is 1. The molecule has 17 heavy (non-hydrogen) atoms. The molecule has 3 rings (SSSR count). The minimum atomic E-state index is 0.702. The Kier molecular flexibility index (Phi) is 2.92. The maximum atomic E-state index is 4.30. The summed E-state index contributed by atoms with van der Waals surface area (Å²) in [4.78, 5) is 11.6. The quantitative estimate of drug-likeness (QED) is 0.746. The number of piperidine rings is 1. The van der Waals surface area contributed by atoms with Crippen LogP contribution in [-0.4, -0.2) is 34.6 Å². The van der Waals surface area contributed by atoms with Crippen LogP contribution in [0.15, 0.2) is 18.6 Å². The molecule has 1 aliphatic rings. The molecule has 3 N–H and O–H groups in total. The number of hydrogen-bond acceptors (Lipinski definition) is 4. The molecule has 1 aliphatic heterocycles. The Morgan fingerprint density at radius 3 is 3.29 bits per heavy atom. The van der Waals surface area contributed by atoms with Crippen LogP contribution in [0, 0.1) is 5.92 Å². The van der Waals surface area contributed by atoms with Crippen LogP contribution in [0.4, 0.5) is 5.82 Å². The van der Waals surface area contributed by atoms with Crippen LogP contribution in [0.3, 0.4) is 0 Å². The Balaban J connectivity index is 1.69. The Morgan fingerprint density at radius 1 is 1.41 bits per heavy atom. The van der Waals surface area contributed by atoms with Crippen LogP contribution in [0.1, 0.15) is 12.8 Å². The number of anilines is 1. The van der Waals surface area contributed by atoms with E-state index in [-0.39, 0.29) is 0 Å². The van der Waals surface area contributed by atoms with Gasteiger partial charge in [0.25, 0.3) is 0 Å². The lowest BCUT2D eigenvalue weighted by Crippen LogP contribution is -2.33. The van der Waals surface area contributed by atoms with E-state index in [2.05, 4.69) is 25.6 Å². The highest BCUT2D eigenvalue weighted by molar-refractivity contribution is 5.86. The highest BCUT2D eigenvalue weighted by Crippen LogP contribution is 2.18. The van der Waals surface area contributed by atoms with Gasteiger partial charge in [0.15, 0.2) is 0 Å². The summed E-state index contributed by atoms with van der Waals surface area (Å²) in [5, 5.41) is 7.92. The number of nitrogens with one attached hydrogen (secondary N) is 3. The van der Waals surface area contributed by atoms with Crippen molar-refractivity contribution < 1.29 is 0 Å². The van der Waals surface area contributed by atoms with E-state index in [1.54, 1.807) is 6.33 Å². The molecule has 0 amide bonds. The molecule has 90 valence electrons. The fourth-order valence-corrected chi connectivity index (χ4v) is 2.35. The molecule has 2 aromatic rings. The number of rotatable bonds is 3. The Hall–Kier alpha value is -1.62. The van der Waals surface area contributed by atoms with E-state index in [1.165, 1.54) is 12.8 Å². The molecule has 1 saturated heterocycles. The van der Waals surface area contributed by atoms with Gasteiger partial charge in [0.2, 0.25) is 0 Å². The lowest BCUT2D eigenvalue weighted by molar-refractivity contribution is 0.392. The zero-order chi connectivity index (χ0) is 11.5. The van der Waals surface area contributed by atoms with Gasteiger partial charge in [-0.15, -0.1) is 0 Å². The lowest BCUT2D eigenvalue weighted by Gasteiger charge is -2.23. The molecule has 0 aliphatic carbocycles. The van der Waals surface area contributed by atoms with Gasteiger partial charge in [-0.1, -0.05) is 0 Å². The second kappa shape index (κ2) is 4.71. The van der Waals surface area contributed by atoms with Crippen molar-refractivity contribution in [3.63, 3.8) is 0 Å². The van der Waals surface area contributed by atoms with E-state index in [4.69, 9.17) is 0 Å². The van der Waals surface area contributed by atoms with Gasteiger partial charge in [0.05, 0.1) is 5.39 Å². The zero-order valence-electron chi connectivity index (χ0n) is 9.74. The van der Waals surface area contributed by atoms with Crippen LogP contribution in [0.2, 0.25) is 0 Å². The predicted octanol–water partition coefficient (Wildman–Crippen LogP) is 1.37. The first-order chi connectivity index (χ1) is 8.43. The first-order valence-corrected chi connectivity index (χ1v) is 6.16. The Labute approximate surface area is 100 Å². The third-order valence-electron chi connectivity index (χ3n) is 3.31. The van der Waals surface area contributed by atoms with Gasteiger partial charge >= 0.3 is 0 Å². The molecular weight excluding hydrogens is 214 g/mol. The van der Waals surface area contributed by atoms with E-state index in [0.29, 0.717) is 5.92 Å². The molecule has 0 aromatic carbocycles. The van der Waals surface area contributed by atoms with Gasteiger partial charge < -0.3 is 15.6 Å². The van der Waals surface area contributed by atoms with Crippen molar-refractivity contribution in [1.82, 2.24) is 20.3 Å². The summed E-state index contributed by atoms with van der Waals surface area (Å²) in [5.41, 5.74) is 0.893. The summed E-state index contributed by atoms with van der Waals surface area (Å²) in [6.07, 6.45) is 6.06. The molecule has 0 bridgehead atoms. The summed E-state index contributed by atoms with van der Waals surface area (Å²) < 4.78 is 0. The van der Waals surface area contributed by atoms with Gasteiger partial charge in [-0.3, -0.25) is 0 Å². The van der Waals surface area contributed by atoms with E-state index < -0.39 is 0 Å². The maximum absolute atomic E-state index is 4.30. The number of fused-ring (bicyclic) bond motifs is 1. The Bertz CT molecular complexity index is 486. The number of hydrogen-bond donors (Lipinski definition) is 3. The molecule has 0 radical (unpaired) electrons. The third kappa shape index (κ3) is 2.24. The SMILES string of the molecule is c1nc(NCC2CCCNC2)c2cc[nH]c2n1. The van der Waals surface area contributed by atoms with Crippen molar-refractivity contribution in [3.05, 3.63) is 18.6 Å². The maximum Gasteiger partial charge on any atom is 0.142 e. The topological polar surface area (TPSA) is 65.6 Å².